The fourth-order valence-electron chi connectivity index (χ4n) is 1.63. The molecule has 0 spiro atoms. The molecule has 0 bridgehead atoms. The SMILES string of the molecule is CC(CBr)CCCNC(=O)Cc1ccccc1Cl. The van der Waals surface area contributed by atoms with Gasteiger partial charge < -0.3 is 5.32 Å². The third-order valence-corrected chi connectivity index (χ3v) is 4.24. The van der Waals surface area contributed by atoms with Crippen LogP contribution in [0, 0.1) is 5.92 Å². The highest BCUT2D eigenvalue weighted by atomic mass is 79.9. The molecule has 0 aromatic heterocycles. The van der Waals surface area contributed by atoms with Gasteiger partial charge in [0.25, 0.3) is 0 Å². The maximum atomic E-state index is 11.7. The predicted molar refractivity (Wildman–Crippen MR) is 80.4 cm³/mol. The minimum Gasteiger partial charge on any atom is -0.356 e. The van der Waals surface area contributed by atoms with Gasteiger partial charge in [-0.2, -0.15) is 0 Å². The van der Waals surface area contributed by atoms with E-state index in [1.807, 2.05) is 24.3 Å². The van der Waals surface area contributed by atoms with E-state index in [2.05, 4.69) is 28.2 Å². The zero-order chi connectivity index (χ0) is 13.4. The number of alkyl halides is 1. The molecular weight excluding hydrogens is 314 g/mol. The summed E-state index contributed by atoms with van der Waals surface area (Å²) in [6.07, 6.45) is 2.49. The van der Waals surface area contributed by atoms with E-state index in [4.69, 9.17) is 11.6 Å². The number of hydrogen-bond donors (Lipinski definition) is 1. The second-order valence-electron chi connectivity index (χ2n) is 4.52. The molecule has 0 saturated carbocycles. The van der Waals surface area contributed by atoms with Gasteiger partial charge in [0.15, 0.2) is 0 Å². The molecular formula is C14H19BrClNO. The first kappa shape index (κ1) is 15.5. The molecule has 1 rings (SSSR count). The van der Waals surface area contributed by atoms with E-state index in [0.29, 0.717) is 17.4 Å². The first-order valence-electron chi connectivity index (χ1n) is 6.19. The molecule has 1 amide bonds. The lowest BCUT2D eigenvalue weighted by Gasteiger charge is -2.09. The van der Waals surface area contributed by atoms with Crippen LogP contribution >= 0.6 is 27.5 Å². The third kappa shape index (κ3) is 5.87. The Balaban J connectivity index is 2.24. The first-order valence-corrected chi connectivity index (χ1v) is 7.69. The fourth-order valence-corrected chi connectivity index (χ4v) is 2.16. The summed E-state index contributed by atoms with van der Waals surface area (Å²) in [5, 5.41) is 4.59. The number of carbonyl (C=O) groups is 1. The first-order chi connectivity index (χ1) is 8.63. The Morgan fingerprint density at radius 3 is 2.83 bits per heavy atom. The number of nitrogens with one attached hydrogen (secondary N) is 1. The van der Waals surface area contributed by atoms with Gasteiger partial charge in [-0.25, -0.2) is 0 Å². The average molecular weight is 333 g/mol. The minimum absolute atomic E-state index is 0.0367. The molecule has 1 aromatic carbocycles. The van der Waals surface area contributed by atoms with Gasteiger partial charge in [-0.05, 0) is 30.4 Å². The van der Waals surface area contributed by atoms with Crippen molar-refractivity contribution in [3.8, 4) is 0 Å². The Morgan fingerprint density at radius 1 is 1.44 bits per heavy atom. The molecule has 1 unspecified atom stereocenters. The third-order valence-electron chi connectivity index (χ3n) is 2.77. The highest BCUT2D eigenvalue weighted by molar-refractivity contribution is 9.09. The van der Waals surface area contributed by atoms with Gasteiger partial charge in [0.1, 0.15) is 0 Å². The van der Waals surface area contributed by atoms with Crippen molar-refractivity contribution in [1.29, 1.82) is 0 Å². The van der Waals surface area contributed by atoms with Crippen molar-refractivity contribution in [3.05, 3.63) is 34.9 Å². The van der Waals surface area contributed by atoms with E-state index in [0.717, 1.165) is 30.3 Å². The molecule has 18 heavy (non-hydrogen) atoms. The van der Waals surface area contributed by atoms with Gasteiger partial charge in [0, 0.05) is 16.9 Å². The van der Waals surface area contributed by atoms with Crippen LogP contribution in [-0.2, 0) is 11.2 Å². The van der Waals surface area contributed by atoms with Crippen LogP contribution in [0.5, 0.6) is 0 Å². The van der Waals surface area contributed by atoms with E-state index in [1.165, 1.54) is 0 Å². The average Bonchev–Trinajstić information content (AvgIpc) is 2.37. The molecule has 0 radical (unpaired) electrons. The van der Waals surface area contributed by atoms with Crippen molar-refractivity contribution in [1.82, 2.24) is 5.32 Å². The lowest BCUT2D eigenvalue weighted by atomic mass is 10.1. The van der Waals surface area contributed by atoms with Gasteiger partial charge in [0.2, 0.25) is 5.91 Å². The molecule has 2 nitrogen and oxygen atoms in total. The van der Waals surface area contributed by atoms with Crippen molar-refractivity contribution < 1.29 is 4.79 Å². The van der Waals surface area contributed by atoms with Crippen LogP contribution < -0.4 is 5.32 Å². The van der Waals surface area contributed by atoms with E-state index in [9.17, 15) is 4.79 Å². The lowest BCUT2D eigenvalue weighted by Crippen LogP contribution is -2.26. The van der Waals surface area contributed by atoms with Crippen LogP contribution in [-0.4, -0.2) is 17.8 Å². The summed E-state index contributed by atoms with van der Waals surface area (Å²) in [7, 11) is 0. The van der Waals surface area contributed by atoms with Gasteiger partial charge in [-0.3, -0.25) is 4.79 Å². The van der Waals surface area contributed by atoms with Gasteiger partial charge >= 0.3 is 0 Å². The molecule has 0 saturated heterocycles. The summed E-state index contributed by atoms with van der Waals surface area (Å²) in [6.45, 7) is 2.93. The zero-order valence-corrected chi connectivity index (χ0v) is 12.9. The topological polar surface area (TPSA) is 29.1 Å². The summed E-state index contributed by atoms with van der Waals surface area (Å²) < 4.78 is 0. The highest BCUT2D eigenvalue weighted by Gasteiger charge is 2.06. The van der Waals surface area contributed by atoms with Crippen LogP contribution in [0.4, 0.5) is 0 Å². The van der Waals surface area contributed by atoms with Crippen molar-refractivity contribution in [2.45, 2.75) is 26.2 Å². The number of rotatable bonds is 7. The Bertz CT molecular complexity index is 384. The van der Waals surface area contributed by atoms with Gasteiger partial charge in [-0.15, -0.1) is 0 Å². The smallest absolute Gasteiger partial charge is 0.224 e. The van der Waals surface area contributed by atoms with Crippen LogP contribution in [0.25, 0.3) is 0 Å². The second-order valence-corrected chi connectivity index (χ2v) is 5.57. The molecule has 1 N–H and O–H groups in total. The van der Waals surface area contributed by atoms with Gasteiger partial charge in [0.05, 0.1) is 6.42 Å². The Kier molecular flexibility index (Phi) is 7.36. The zero-order valence-electron chi connectivity index (χ0n) is 10.6. The Morgan fingerprint density at radius 2 is 2.17 bits per heavy atom. The summed E-state index contributed by atoms with van der Waals surface area (Å²) in [4.78, 5) is 11.7. The normalized spacial score (nSPS) is 12.2. The molecule has 0 aliphatic heterocycles. The molecule has 100 valence electrons. The van der Waals surface area contributed by atoms with Crippen LogP contribution in [0.1, 0.15) is 25.3 Å². The van der Waals surface area contributed by atoms with Crippen LogP contribution in [0.3, 0.4) is 0 Å². The van der Waals surface area contributed by atoms with Gasteiger partial charge in [-0.1, -0.05) is 52.7 Å². The monoisotopic (exact) mass is 331 g/mol. The number of benzene rings is 1. The molecule has 0 heterocycles. The Labute approximate surface area is 122 Å². The molecule has 1 aromatic rings. The van der Waals surface area contributed by atoms with E-state index in [-0.39, 0.29) is 5.91 Å². The van der Waals surface area contributed by atoms with E-state index < -0.39 is 0 Å². The van der Waals surface area contributed by atoms with Crippen molar-refractivity contribution in [2.24, 2.45) is 5.92 Å². The van der Waals surface area contributed by atoms with Crippen molar-refractivity contribution in [3.63, 3.8) is 0 Å². The highest BCUT2D eigenvalue weighted by Crippen LogP contribution is 2.15. The fraction of sp³-hybridized carbons (Fsp3) is 0.500. The molecule has 0 fully saturated rings. The van der Waals surface area contributed by atoms with Crippen molar-refractivity contribution >= 4 is 33.4 Å². The number of halogens is 2. The summed E-state index contributed by atoms with van der Waals surface area (Å²) in [6, 6.07) is 7.45. The van der Waals surface area contributed by atoms with Crippen LogP contribution in [0.2, 0.25) is 5.02 Å². The maximum Gasteiger partial charge on any atom is 0.224 e. The number of amides is 1. The standard InChI is InChI=1S/C14H19BrClNO/c1-11(10-15)5-4-8-17-14(18)9-12-6-2-3-7-13(12)16/h2-3,6-7,11H,4-5,8-10H2,1H3,(H,17,18). The van der Waals surface area contributed by atoms with Crippen molar-refractivity contribution in [2.75, 3.05) is 11.9 Å². The minimum atomic E-state index is 0.0367. The maximum absolute atomic E-state index is 11.7. The predicted octanol–water partition coefficient (Wildman–Crippen LogP) is 3.81. The molecule has 0 aliphatic rings. The largest absolute Gasteiger partial charge is 0.356 e. The van der Waals surface area contributed by atoms with Crippen LogP contribution in [0.15, 0.2) is 24.3 Å². The molecule has 0 aliphatic carbocycles. The Hall–Kier alpha value is -0.540. The molecule has 1 atom stereocenters. The number of hydrogen-bond acceptors (Lipinski definition) is 1. The summed E-state index contributed by atoms with van der Waals surface area (Å²) in [5.41, 5.74) is 0.880. The molecule has 4 heteroatoms. The summed E-state index contributed by atoms with van der Waals surface area (Å²) >= 11 is 9.45. The second kappa shape index (κ2) is 8.54. The lowest BCUT2D eigenvalue weighted by molar-refractivity contribution is -0.120. The number of carbonyl (C=O) groups excluding carboxylic acids is 1. The van der Waals surface area contributed by atoms with E-state index in [1.54, 1.807) is 0 Å². The quantitative estimate of drug-likeness (QED) is 0.597. The summed E-state index contributed by atoms with van der Waals surface area (Å²) in [5.74, 6) is 0.695. The van der Waals surface area contributed by atoms with E-state index >= 15 is 0 Å².